The zero-order valence-corrected chi connectivity index (χ0v) is 12.0. The number of carbonyl (C=O) groups excluding carboxylic acids is 1. The van der Waals surface area contributed by atoms with E-state index in [1.165, 1.54) is 0 Å². The lowest BCUT2D eigenvalue weighted by molar-refractivity contribution is -0.0555. The molecule has 1 aromatic carbocycles. The van der Waals surface area contributed by atoms with Crippen LogP contribution in [0.1, 0.15) is 10.4 Å². The average Bonchev–Trinajstić information content (AvgIpc) is 2.52. The molecule has 1 unspecified atom stereocenters. The van der Waals surface area contributed by atoms with Crippen LogP contribution >= 0.6 is 0 Å². The number of ether oxygens (including phenoxy) is 1. The first-order valence-corrected chi connectivity index (χ1v) is 6.72. The number of rotatable bonds is 4. The molecular weight excluding hydrogens is 352 g/mol. The Morgan fingerprint density at radius 3 is 2.52 bits per heavy atom. The van der Waals surface area contributed by atoms with Crippen LogP contribution in [0.4, 0.5) is 26.3 Å². The Morgan fingerprint density at radius 2 is 1.92 bits per heavy atom. The molecule has 1 saturated carbocycles. The van der Waals surface area contributed by atoms with Crippen molar-refractivity contribution in [2.75, 3.05) is 0 Å². The molecule has 1 fully saturated rings. The number of benzene rings is 1. The molecule has 9 heteroatoms. The van der Waals surface area contributed by atoms with E-state index >= 15 is 0 Å². The van der Waals surface area contributed by atoms with E-state index in [1.807, 2.05) is 11.5 Å². The minimum Gasteiger partial charge on any atom is -0.448 e. The number of amides is 1. The van der Waals surface area contributed by atoms with E-state index in [4.69, 9.17) is 10.5 Å². The smallest absolute Gasteiger partial charge is 0.315 e. The molecule has 2 N–H and O–H groups in total. The van der Waals surface area contributed by atoms with Crippen LogP contribution in [0.15, 0.2) is 52.1 Å². The van der Waals surface area contributed by atoms with E-state index in [9.17, 15) is 31.1 Å². The van der Waals surface area contributed by atoms with Gasteiger partial charge in [-0.2, -0.15) is 8.78 Å². The van der Waals surface area contributed by atoms with E-state index in [2.05, 4.69) is 0 Å². The van der Waals surface area contributed by atoms with Crippen molar-refractivity contribution < 1.29 is 35.9 Å². The number of halogens is 6. The van der Waals surface area contributed by atoms with Crippen molar-refractivity contribution in [3.63, 3.8) is 0 Å². The van der Waals surface area contributed by atoms with Crippen molar-refractivity contribution in [3.05, 3.63) is 63.5 Å². The van der Waals surface area contributed by atoms with Gasteiger partial charge in [0, 0.05) is 17.2 Å². The van der Waals surface area contributed by atoms with Crippen LogP contribution in [0, 0.1) is 5.82 Å². The van der Waals surface area contributed by atoms with Gasteiger partial charge in [-0.1, -0.05) is 5.73 Å². The Balaban J connectivity index is 2.08. The van der Waals surface area contributed by atoms with Gasteiger partial charge in [-0.05, 0) is 17.9 Å². The quantitative estimate of drug-likeness (QED) is 0.662. The highest BCUT2D eigenvalue weighted by atomic mass is 19.3. The summed E-state index contributed by atoms with van der Waals surface area (Å²) in [5, 5.41) is 0. The van der Waals surface area contributed by atoms with Crippen LogP contribution in [0.5, 0.6) is 5.75 Å². The minimum absolute atomic E-state index is 0.309. The molecule has 3 nitrogen and oxygen atoms in total. The van der Waals surface area contributed by atoms with Gasteiger partial charge in [0.25, 0.3) is 6.43 Å². The third kappa shape index (κ3) is 2.63. The third-order valence-corrected chi connectivity index (χ3v) is 3.60. The van der Waals surface area contributed by atoms with Gasteiger partial charge in [0.05, 0.1) is 11.1 Å². The summed E-state index contributed by atoms with van der Waals surface area (Å²) in [6.07, 6.45) is -6.29. The summed E-state index contributed by atoms with van der Waals surface area (Å²) in [5.41, 5.74) is 5.44. The Kier molecular flexibility index (Phi) is 3.78. The van der Waals surface area contributed by atoms with Gasteiger partial charge >= 0.3 is 5.92 Å². The number of primary amides is 1. The topological polar surface area (TPSA) is 52.3 Å². The second kappa shape index (κ2) is 5.58. The maximum absolute atomic E-state index is 13.6. The lowest BCUT2D eigenvalue weighted by atomic mass is 9.75. The summed E-state index contributed by atoms with van der Waals surface area (Å²) in [6, 6.07) is 2.49. The van der Waals surface area contributed by atoms with Gasteiger partial charge in [-0.25, -0.2) is 17.6 Å². The molecule has 0 saturated heterocycles. The first-order chi connectivity index (χ1) is 11.6. The number of alkyl halides is 5. The number of carbonyl (C=O) groups is 1. The summed E-state index contributed by atoms with van der Waals surface area (Å²) in [6.45, 7) is 0. The van der Waals surface area contributed by atoms with Gasteiger partial charge < -0.3 is 10.5 Å². The monoisotopic (exact) mass is 359 g/mol. The molecule has 1 atom stereocenters. The van der Waals surface area contributed by atoms with Gasteiger partial charge in [0.1, 0.15) is 11.6 Å². The van der Waals surface area contributed by atoms with Gasteiger partial charge in [-0.15, -0.1) is 0 Å². The fourth-order valence-electron chi connectivity index (χ4n) is 2.45. The molecule has 25 heavy (non-hydrogen) atoms. The van der Waals surface area contributed by atoms with E-state index in [0.29, 0.717) is 0 Å². The van der Waals surface area contributed by atoms with Crippen molar-refractivity contribution in [1.82, 2.24) is 0 Å². The summed E-state index contributed by atoms with van der Waals surface area (Å²) in [7, 11) is 0. The van der Waals surface area contributed by atoms with E-state index in [1.54, 1.807) is 0 Å². The zero-order chi connectivity index (χ0) is 18.5. The molecule has 2 aliphatic carbocycles. The number of fused-ring (bicyclic) bond motifs is 1. The Labute approximate surface area is 136 Å². The Bertz CT molecular complexity index is 921. The second-order valence-electron chi connectivity index (χ2n) is 5.21. The fourth-order valence-corrected chi connectivity index (χ4v) is 2.45. The van der Waals surface area contributed by atoms with Crippen LogP contribution in [0.25, 0.3) is 0 Å². The van der Waals surface area contributed by atoms with E-state index in [-0.39, 0.29) is 5.56 Å². The van der Waals surface area contributed by atoms with Crippen molar-refractivity contribution in [2.24, 2.45) is 5.73 Å². The molecular formula is C16H7F6NO2. The van der Waals surface area contributed by atoms with Crippen LogP contribution in [0.3, 0.4) is 0 Å². The largest absolute Gasteiger partial charge is 0.448 e. The number of nitrogens with two attached hydrogens (primary N) is 1. The standard InChI is InChI=1S/C16H7F6NO2/c17-7-3-6(15(23)24)4-8(5-7)25-10-2-1-9-11(12(10)14(19)20)13(18)16(9,21)22/h3-5,13-14H,(H2,23,24). The molecule has 0 aromatic heterocycles. The Hall–Kier alpha value is -2.89. The highest BCUT2D eigenvalue weighted by molar-refractivity contribution is 5.93. The Morgan fingerprint density at radius 1 is 1.24 bits per heavy atom. The number of allylic oxidation sites excluding steroid dienone is 3. The van der Waals surface area contributed by atoms with Crippen LogP contribution in [-0.2, 0) is 0 Å². The predicted molar refractivity (Wildman–Crippen MR) is 72.5 cm³/mol. The van der Waals surface area contributed by atoms with Crippen molar-refractivity contribution in [1.29, 1.82) is 0 Å². The molecule has 0 aliphatic heterocycles. The van der Waals surface area contributed by atoms with Crippen molar-refractivity contribution in [3.8, 4) is 5.75 Å². The van der Waals surface area contributed by atoms with Gasteiger partial charge in [-0.3, -0.25) is 4.79 Å². The summed E-state index contributed by atoms with van der Waals surface area (Å²) >= 11 is 0. The lowest BCUT2D eigenvalue weighted by Gasteiger charge is -2.37. The van der Waals surface area contributed by atoms with Crippen LogP contribution < -0.4 is 10.5 Å². The summed E-state index contributed by atoms with van der Waals surface area (Å²) < 4.78 is 85.1. The van der Waals surface area contributed by atoms with Gasteiger partial charge in [0.2, 0.25) is 5.91 Å². The highest BCUT2D eigenvalue weighted by Gasteiger charge is 2.61. The number of hydrogen-bond acceptors (Lipinski definition) is 2. The molecule has 0 radical (unpaired) electrons. The van der Waals surface area contributed by atoms with E-state index in [0.717, 1.165) is 18.2 Å². The maximum atomic E-state index is 13.6. The molecule has 1 amide bonds. The minimum atomic E-state index is -3.94. The molecule has 130 valence electrons. The summed E-state index contributed by atoms with van der Waals surface area (Å²) in [5.74, 6) is -7.11. The fraction of sp³-hybridized carbons (Fsp3) is 0.188. The average molecular weight is 359 g/mol. The molecule has 1 aromatic rings. The maximum Gasteiger partial charge on any atom is 0.315 e. The first-order valence-electron chi connectivity index (χ1n) is 6.72. The highest BCUT2D eigenvalue weighted by Crippen LogP contribution is 2.53. The molecule has 3 rings (SSSR count). The lowest BCUT2D eigenvalue weighted by Crippen LogP contribution is -2.48. The van der Waals surface area contributed by atoms with Crippen LogP contribution in [-0.4, -0.2) is 24.4 Å². The zero-order valence-electron chi connectivity index (χ0n) is 12.0. The second-order valence-corrected chi connectivity index (χ2v) is 5.21. The predicted octanol–water partition coefficient (Wildman–Crippen LogP) is 3.43. The first kappa shape index (κ1) is 17.0. The van der Waals surface area contributed by atoms with Gasteiger partial charge in [0.15, 0.2) is 11.9 Å². The molecule has 0 spiro atoms. The molecule has 2 aliphatic rings. The summed E-state index contributed by atoms with van der Waals surface area (Å²) in [4.78, 5) is 11.1. The SMILES string of the molecule is NC(=O)c1cc(F)cc(OC2=C=C=C3C(=C2C(F)F)C(F)C3(F)F)c1. The van der Waals surface area contributed by atoms with Crippen molar-refractivity contribution >= 4 is 5.91 Å². The van der Waals surface area contributed by atoms with E-state index < -0.39 is 58.5 Å². The van der Waals surface area contributed by atoms with Crippen molar-refractivity contribution in [2.45, 2.75) is 18.5 Å². The number of hydrogen-bond donors (Lipinski definition) is 1. The third-order valence-electron chi connectivity index (χ3n) is 3.60. The molecule has 0 heterocycles. The van der Waals surface area contributed by atoms with Crippen LogP contribution in [0.2, 0.25) is 0 Å². The molecule has 0 bridgehead atoms. The normalized spacial score (nSPS) is 20.7.